The molecule has 0 fully saturated rings. The summed E-state index contributed by atoms with van der Waals surface area (Å²) in [5.41, 5.74) is 6.11. The maximum Gasteiger partial charge on any atom is 0.216 e. The predicted molar refractivity (Wildman–Crippen MR) is 57.5 cm³/mol. The minimum atomic E-state index is -3.32. The highest BCUT2D eigenvalue weighted by atomic mass is 32.2. The van der Waals surface area contributed by atoms with Crippen LogP contribution < -0.4 is 10.5 Å². The fourth-order valence-corrected chi connectivity index (χ4v) is 2.47. The van der Waals surface area contributed by atoms with Crippen molar-refractivity contribution in [1.82, 2.24) is 14.7 Å². The summed E-state index contributed by atoms with van der Waals surface area (Å²) < 4.78 is 25.8. The van der Waals surface area contributed by atoms with Crippen molar-refractivity contribution in [2.75, 3.05) is 6.54 Å². The Hall–Kier alpha value is -0.920. The molecule has 1 aromatic rings. The zero-order valence-electron chi connectivity index (χ0n) is 8.60. The SMILES string of the molecule is CCC(CN)S(=O)(=O)NCc1cnc[nH]1. The van der Waals surface area contributed by atoms with Crippen molar-refractivity contribution < 1.29 is 8.42 Å². The fraction of sp³-hybridized carbons (Fsp3) is 0.625. The second-order valence-corrected chi connectivity index (χ2v) is 5.25. The number of sulfonamides is 1. The number of rotatable bonds is 6. The lowest BCUT2D eigenvalue weighted by Gasteiger charge is -2.13. The van der Waals surface area contributed by atoms with Crippen molar-refractivity contribution in [1.29, 1.82) is 0 Å². The molecular formula is C8H16N4O2S. The van der Waals surface area contributed by atoms with Gasteiger partial charge in [-0.2, -0.15) is 0 Å². The van der Waals surface area contributed by atoms with Gasteiger partial charge in [-0.05, 0) is 6.42 Å². The average Bonchev–Trinajstić information content (AvgIpc) is 2.69. The van der Waals surface area contributed by atoms with Gasteiger partial charge in [0.15, 0.2) is 0 Å². The Morgan fingerprint density at radius 1 is 1.67 bits per heavy atom. The highest BCUT2D eigenvalue weighted by molar-refractivity contribution is 7.90. The summed E-state index contributed by atoms with van der Waals surface area (Å²) in [6.45, 7) is 2.15. The third-order valence-corrected chi connectivity index (χ3v) is 4.13. The Morgan fingerprint density at radius 3 is 2.87 bits per heavy atom. The summed E-state index contributed by atoms with van der Waals surface area (Å²) in [4.78, 5) is 6.61. The monoisotopic (exact) mass is 232 g/mol. The minimum absolute atomic E-state index is 0.134. The van der Waals surface area contributed by atoms with E-state index in [4.69, 9.17) is 5.73 Å². The number of nitrogens with zero attached hydrogens (tertiary/aromatic N) is 1. The van der Waals surface area contributed by atoms with E-state index in [1.807, 2.05) is 0 Å². The molecule has 0 amide bonds. The summed E-state index contributed by atoms with van der Waals surface area (Å²) in [6, 6.07) is 0. The van der Waals surface area contributed by atoms with Gasteiger partial charge in [0, 0.05) is 18.4 Å². The van der Waals surface area contributed by atoms with Gasteiger partial charge in [0.05, 0.1) is 18.1 Å². The first-order valence-corrected chi connectivity index (χ1v) is 6.30. The van der Waals surface area contributed by atoms with Gasteiger partial charge in [-0.1, -0.05) is 6.92 Å². The largest absolute Gasteiger partial charge is 0.347 e. The zero-order chi connectivity index (χ0) is 11.3. The van der Waals surface area contributed by atoms with Gasteiger partial charge in [0.2, 0.25) is 10.0 Å². The van der Waals surface area contributed by atoms with Crippen molar-refractivity contribution in [3.05, 3.63) is 18.2 Å². The van der Waals surface area contributed by atoms with Crippen LogP contribution in [0.4, 0.5) is 0 Å². The Balaban J connectivity index is 2.57. The molecule has 0 aliphatic heterocycles. The van der Waals surface area contributed by atoms with Crippen molar-refractivity contribution in [2.24, 2.45) is 5.73 Å². The molecule has 1 aromatic heterocycles. The molecule has 1 heterocycles. The normalized spacial score (nSPS) is 14.0. The maximum atomic E-state index is 11.7. The minimum Gasteiger partial charge on any atom is -0.347 e. The summed E-state index contributed by atoms with van der Waals surface area (Å²) in [5, 5.41) is -0.527. The van der Waals surface area contributed by atoms with E-state index in [0.29, 0.717) is 6.42 Å². The van der Waals surface area contributed by atoms with Crippen molar-refractivity contribution in [3.8, 4) is 0 Å². The summed E-state index contributed by atoms with van der Waals surface area (Å²) in [7, 11) is -3.32. The first-order valence-electron chi connectivity index (χ1n) is 4.76. The lowest BCUT2D eigenvalue weighted by molar-refractivity contribution is 0.560. The molecule has 0 spiro atoms. The molecule has 0 aliphatic carbocycles. The average molecular weight is 232 g/mol. The Bertz CT molecular complexity index is 369. The van der Waals surface area contributed by atoms with Gasteiger partial charge >= 0.3 is 0 Å². The number of hydrogen-bond donors (Lipinski definition) is 3. The van der Waals surface area contributed by atoms with Gasteiger partial charge < -0.3 is 10.7 Å². The number of aromatic nitrogens is 2. The molecule has 6 nitrogen and oxygen atoms in total. The van der Waals surface area contributed by atoms with Crippen LogP contribution in [0.25, 0.3) is 0 Å². The van der Waals surface area contributed by atoms with Gasteiger partial charge in [0.25, 0.3) is 0 Å². The molecule has 0 saturated heterocycles. The molecule has 7 heteroatoms. The van der Waals surface area contributed by atoms with Crippen LogP contribution in [0.2, 0.25) is 0 Å². The molecule has 0 radical (unpaired) electrons. The first-order chi connectivity index (χ1) is 7.10. The van der Waals surface area contributed by atoms with Gasteiger partial charge in [-0.15, -0.1) is 0 Å². The smallest absolute Gasteiger partial charge is 0.216 e. The number of H-pyrrole nitrogens is 1. The number of hydrogen-bond acceptors (Lipinski definition) is 4. The van der Waals surface area contributed by atoms with E-state index in [-0.39, 0.29) is 13.1 Å². The summed E-state index contributed by atoms with van der Waals surface area (Å²) in [5.74, 6) is 0. The standard InChI is InChI=1S/C8H16N4O2S/c1-2-8(3-9)15(13,14)12-5-7-4-10-6-11-7/h4,6,8,12H,2-3,5,9H2,1H3,(H,10,11). The van der Waals surface area contributed by atoms with E-state index in [2.05, 4.69) is 14.7 Å². The second-order valence-electron chi connectivity index (χ2n) is 3.21. The molecule has 86 valence electrons. The van der Waals surface area contributed by atoms with Crippen LogP contribution in [0.5, 0.6) is 0 Å². The van der Waals surface area contributed by atoms with Crippen LogP contribution in [0.3, 0.4) is 0 Å². The van der Waals surface area contributed by atoms with E-state index < -0.39 is 15.3 Å². The number of imidazole rings is 1. The Kier molecular flexibility index (Phi) is 4.25. The quantitative estimate of drug-likeness (QED) is 0.619. The summed E-state index contributed by atoms with van der Waals surface area (Å²) >= 11 is 0. The highest BCUT2D eigenvalue weighted by Crippen LogP contribution is 2.03. The molecule has 4 N–H and O–H groups in total. The zero-order valence-corrected chi connectivity index (χ0v) is 9.42. The molecule has 15 heavy (non-hydrogen) atoms. The number of aromatic amines is 1. The second kappa shape index (κ2) is 5.24. The van der Waals surface area contributed by atoms with Crippen molar-refractivity contribution in [3.63, 3.8) is 0 Å². The van der Waals surface area contributed by atoms with Gasteiger partial charge in [-0.3, -0.25) is 0 Å². The molecule has 0 aromatic carbocycles. The van der Waals surface area contributed by atoms with Crippen LogP contribution in [0.15, 0.2) is 12.5 Å². The van der Waals surface area contributed by atoms with E-state index >= 15 is 0 Å². The van der Waals surface area contributed by atoms with E-state index in [1.165, 1.54) is 6.33 Å². The van der Waals surface area contributed by atoms with Crippen LogP contribution in [-0.2, 0) is 16.6 Å². The van der Waals surface area contributed by atoms with Gasteiger partial charge in [-0.25, -0.2) is 18.1 Å². The molecule has 1 unspecified atom stereocenters. The van der Waals surface area contributed by atoms with Crippen LogP contribution in [0, 0.1) is 0 Å². The topological polar surface area (TPSA) is 101 Å². The predicted octanol–water partition coefficient (Wildman–Crippen LogP) is -0.434. The summed E-state index contributed by atoms with van der Waals surface area (Å²) in [6.07, 6.45) is 3.59. The molecule has 1 atom stereocenters. The molecule has 0 aliphatic rings. The van der Waals surface area contributed by atoms with E-state index in [1.54, 1.807) is 13.1 Å². The number of nitrogens with one attached hydrogen (secondary N) is 2. The van der Waals surface area contributed by atoms with E-state index in [9.17, 15) is 8.42 Å². The van der Waals surface area contributed by atoms with E-state index in [0.717, 1.165) is 5.69 Å². The maximum absolute atomic E-state index is 11.7. The van der Waals surface area contributed by atoms with Crippen molar-refractivity contribution in [2.45, 2.75) is 25.1 Å². The number of nitrogens with two attached hydrogens (primary N) is 1. The Labute approximate surface area is 89.3 Å². The first kappa shape index (κ1) is 12.2. The highest BCUT2D eigenvalue weighted by Gasteiger charge is 2.21. The van der Waals surface area contributed by atoms with Crippen LogP contribution >= 0.6 is 0 Å². The van der Waals surface area contributed by atoms with Crippen LogP contribution in [-0.4, -0.2) is 30.2 Å². The van der Waals surface area contributed by atoms with Crippen LogP contribution in [0.1, 0.15) is 19.0 Å². The van der Waals surface area contributed by atoms with Crippen molar-refractivity contribution >= 4 is 10.0 Å². The van der Waals surface area contributed by atoms with Gasteiger partial charge in [0.1, 0.15) is 0 Å². The molecule has 1 rings (SSSR count). The lowest BCUT2D eigenvalue weighted by Crippen LogP contribution is -2.38. The molecule has 0 bridgehead atoms. The molecule has 0 saturated carbocycles. The lowest BCUT2D eigenvalue weighted by atomic mass is 10.3. The fourth-order valence-electron chi connectivity index (χ4n) is 1.19. The third kappa shape index (κ3) is 3.29. The Morgan fingerprint density at radius 2 is 2.40 bits per heavy atom. The molecular weight excluding hydrogens is 216 g/mol. The third-order valence-electron chi connectivity index (χ3n) is 2.18.